The molecule has 1 aliphatic heterocycles. The molecule has 6 heteroatoms. The van der Waals surface area contributed by atoms with Crippen LogP contribution in [0.2, 0.25) is 0 Å². The van der Waals surface area contributed by atoms with E-state index in [1.807, 2.05) is 42.5 Å². The Labute approximate surface area is 183 Å². The van der Waals surface area contributed by atoms with Crippen molar-refractivity contribution in [2.24, 2.45) is 5.92 Å². The zero-order valence-electron chi connectivity index (χ0n) is 17.8. The molecule has 0 saturated carbocycles. The van der Waals surface area contributed by atoms with Crippen molar-refractivity contribution < 1.29 is 9.53 Å². The Kier molecular flexibility index (Phi) is 6.89. The van der Waals surface area contributed by atoms with Crippen LogP contribution in [0, 0.1) is 5.92 Å². The molecule has 0 spiro atoms. The highest BCUT2D eigenvalue weighted by molar-refractivity contribution is 5.92. The van der Waals surface area contributed by atoms with Crippen LogP contribution in [0.15, 0.2) is 73.1 Å². The number of ether oxygens (including phenoxy) is 1. The number of likely N-dealkylation sites (tertiary alicyclic amines) is 1. The van der Waals surface area contributed by atoms with Gasteiger partial charge in [-0.2, -0.15) is 0 Å². The number of piperidine rings is 1. The second-order valence-electron chi connectivity index (χ2n) is 7.85. The van der Waals surface area contributed by atoms with E-state index < -0.39 is 0 Å². The summed E-state index contributed by atoms with van der Waals surface area (Å²) in [6, 6.07) is 19.3. The number of methoxy groups -OCH3 is 1. The molecule has 160 valence electrons. The summed E-state index contributed by atoms with van der Waals surface area (Å²) in [6.45, 7) is 2.79. The molecule has 2 aromatic heterocycles. The second kappa shape index (κ2) is 10.2. The van der Waals surface area contributed by atoms with Crippen molar-refractivity contribution in [2.45, 2.75) is 25.4 Å². The number of hydrogen-bond acceptors (Lipinski definition) is 5. The van der Waals surface area contributed by atoms with E-state index in [1.54, 1.807) is 25.6 Å². The van der Waals surface area contributed by atoms with Crippen LogP contribution in [0.1, 0.15) is 40.6 Å². The van der Waals surface area contributed by atoms with Gasteiger partial charge < -0.3 is 10.1 Å². The van der Waals surface area contributed by atoms with Crippen LogP contribution in [-0.2, 0) is 6.54 Å². The van der Waals surface area contributed by atoms with Gasteiger partial charge in [0.25, 0.3) is 5.91 Å². The lowest BCUT2D eigenvalue weighted by atomic mass is 9.87. The van der Waals surface area contributed by atoms with Crippen molar-refractivity contribution in [1.29, 1.82) is 0 Å². The van der Waals surface area contributed by atoms with E-state index in [1.165, 1.54) is 5.56 Å². The lowest BCUT2D eigenvalue weighted by molar-refractivity contribution is 0.0883. The van der Waals surface area contributed by atoms with E-state index in [9.17, 15) is 4.79 Å². The monoisotopic (exact) mass is 416 g/mol. The summed E-state index contributed by atoms with van der Waals surface area (Å²) in [5, 5.41) is 3.20. The summed E-state index contributed by atoms with van der Waals surface area (Å²) >= 11 is 0. The average molecular weight is 417 g/mol. The van der Waals surface area contributed by atoms with Crippen molar-refractivity contribution in [3.05, 3.63) is 90.0 Å². The molecule has 4 rings (SSSR count). The van der Waals surface area contributed by atoms with E-state index >= 15 is 0 Å². The SMILES string of the molecule is COc1ccccc1CN1CCC([C@@H](NC(=O)c2ccccn2)c2ccccn2)CC1. The highest BCUT2D eigenvalue weighted by Crippen LogP contribution is 2.31. The lowest BCUT2D eigenvalue weighted by Crippen LogP contribution is -2.41. The summed E-state index contributed by atoms with van der Waals surface area (Å²) in [5.74, 6) is 1.09. The van der Waals surface area contributed by atoms with Crippen LogP contribution in [0.3, 0.4) is 0 Å². The van der Waals surface area contributed by atoms with Gasteiger partial charge in [-0.15, -0.1) is 0 Å². The van der Waals surface area contributed by atoms with Crippen LogP contribution in [0.4, 0.5) is 0 Å². The van der Waals surface area contributed by atoms with Crippen molar-refractivity contribution >= 4 is 5.91 Å². The molecular formula is C25H28N4O2. The number of nitrogens with one attached hydrogen (secondary N) is 1. The fourth-order valence-corrected chi connectivity index (χ4v) is 4.22. The van der Waals surface area contributed by atoms with E-state index in [0.717, 1.165) is 43.9 Å². The van der Waals surface area contributed by atoms with E-state index in [0.29, 0.717) is 11.6 Å². The molecular weight excluding hydrogens is 388 g/mol. The van der Waals surface area contributed by atoms with Gasteiger partial charge in [0.2, 0.25) is 0 Å². The van der Waals surface area contributed by atoms with Crippen LogP contribution in [0.25, 0.3) is 0 Å². The van der Waals surface area contributed by atoms with E-state index in [4.69, 9.17) is 4.74 Å². The molecule has 1 amide bonds. The number of benzene rings is 1. The maximum absolute atomic E-state index is 12.8. The topological polar surface area (TPSA) is 67.3 Å². The number of carbonyl (C=O) groups is 1. The van der Waals surface area contributed by atoms with Crippen molar-refractivity contribution in [1.82, 2.24) is 20.2 Å². The zero-order valence-corrected chi connectivity index (χ0v) is 17.8. The molecule has 1 atom stereocenters. The number of aromatic nitrogens is 2. The normalized spacial score (nSPS) is 15.9. The second-order valence-corrected chi connectivity index (χ2v) is 7.85. The minimum Gasteiger partial charge on any atom is -0.496 e. The number of hydrogen-bond donors (Lipinski definition) is 1. The van der Waals surface area contributed by atoms with Gasteiger partial charge in [0, 0.05) is 24.5 Å². The van der Waals surface area contributed by atoms with E-state index in [-0.39, 0.29) is 11.9 Å². The standard InChI is InChI=1S/C25H28N4O2/c1-31-23-11-3-2-8-20(23)18-29-16-12-19(13-17-29)24(21-9-4-6-14-26-21)28-25(30)22-10-5-7-15-27-22/h2-11,14-15,19,24H,12-13,16-18H2,1H3,(H,28,30)/t24-/m1/s1. The molecule has 1 aliphatic rings. The summed E-state index contributed by atoms with van der Waals surface area (Å²) in [6.07, 6.45) is 5.39. The number of rotatable bonds is 7. The van der Waals surface area contributed by atoms with Crippen molar-refractivity contribution in [2.75, 3.05) is 20.2 Å². The molecule has 0 radical (unpaired) electrons. The first-order valence-electron chi connectivity index (χ1n) is 10.7. The summed E-state index contributed by atoms with van der Waals surface area (Å²) in [4.78, 5) is 24.0. The zero-order chi connectivity index (χ0) is 21.5. The van der Waals surface area contributed by atoms with Gasteiger partial charge in [-0.1, -0.05) is 30.3 Å². The van der Waals surface area contributed by atoms with Gasteiger partial charge in [-0.25, -0.2) is 0 Å². The minimum atomic E-state index is -0.160. The Hall–Kier alpha value is -3.25. The highest BCUT2D eigenvalue weighted by Gasteiger charge is 2.30. The van der Waals surface area contributed by atoms with Gasteiger partial charge >= 0.3 is 0 Å². The van der Waals surface area contributed by atoms with Gasteiger partial charge in [0.1, 0.15) is 11.4 Å². The average Bonchev–Trinajstić information content (AvgIpc) is 2.84. The van der Waals surface area contributed by atoms with Gasteiger partial charge in [0.15, 0.2) is 0 Å². The van der Waals surface area contributed by atoms with Gasteiger partial charge in [-0.3, -0.25) is 19.7 Å². The molecule has 1 aromatic carbocycles. The molecule has 31 heavy (non-hydrogen) atoms. The third-order valence-electron chi connectivity index (χ3n) is 5.88. The van der Waals surface area contributed by atoms with Crippen molar-refractivity contribution in [3.63, 3.8) is 0 Å². The van der Waals surface area contributed by atoms with Crippen molar-refractivity contribution in [3.8, 4) is 5.75 Å². The van der Waals surface area contributed by atoms with Crippen LogP contribution < -0.4 is 10.1 Å². The number of para-hydroxylation sites is 1. The molecule has 0 unspecified atom stereocenters. The Balaban J connectivity index is 1.44. The smallest absolute Gasteiger partial charge is 0.270 e. The molecule has 1 fully saturated rings. The lowest BCUT2D eigenvalue weighted by Gasteiger charge is -2.36. The first-order valence-corrected chi connectivity index (χ1v) is 10.7. The van der Waals surface area contributed by atoms with Crippen LogP contribution in [-0.4, -0.2) is 41.0 Å². The fourth-order valence-electron chi connectivity index (χ4n) is 4.22. The number of pyridine rings is 2. The molecule has 3 aromatic rings. The predicted octanol–water partition coefficient (Wildman–Crippen LogP) is 3.87. The third-order valence-corrected chi connectivity index (χ3v) is 5.88. The summed E-state index contributed by atoms with van der Waals surface area (Å²) in [5.41, 5.74) is 2.53. The first kappa shape index (κ1) is 21.0. The molecule has 1 saturated heterocycles. The largest absolute Gasteiger partial charge is 0.496 e. The summed E-state index contributed by atoms with van der Waals surface area (Å²) in [7, 11) is 1.72. The van der Waals surface area contributed by atoms with Gasteiger partial charge in [-0.05, 0) is 62.2 Å². The van der Waals surface area contributed by atoms with Crippen LogP contribution in [0.5, 0.6) is 5.75 Å². The maximum Gasteiger partial charge on any atom is 0.270 e. The molecule has 6 nitrogen and oxygen atoms in total. The molecule has 0 aliphatic carbocycles. The Morgan fingerprint density at radius 1 is 1.03 bits per heavy atom. The molecule has 3 heterocycles. The number of carbonyl (C=O) groups excluding carboxylic acids is 1. The quantitative estimate of drug-likeness (QED) is 0.633. The summed E-state index contributed by atoms with van der Waals surface area (Å²) < 4.78 is 5.50. The fraction of sp³-hybridized carbons (Fsp3) is 0.320. The Morgan fingerprint density at radius 3 is 2.42 bits per heavy atom. The Bertz CT molecular complexity index is 973. The number of nitrogens with zero attached hydrogens (tertiary/aromatic N) is 3. The van der Waals surface area contributed by atoms with Crippen LogP contribution >= 0.6 is 0 Å². The van der Waals surface area contributed by atoms with Gasteiger partial charge in [0.05, 0.1) is 18.8 Å². The predicted molar refractivity (Wildman–Crippen MR) is 120 cm³/mol. The molecule has 1 N–H and O–H groups in total. The number of amides is 1. The highest BCUT2D eigenvalue weighted by atomic mass is 16.5. The molecule has 0 bridgehead atoms. The first-order chi connectivity index (χ1) is 15.2. The third kappa shape index (κ3) is 5.27. The minimum absolute atomic E-state index is 0.135. The Morgan fingerprint density at radius 2 is 1.74 bits per heavy atom. The maximum atomic E-state index is 12.8. The van der Waals surface area contributed by atoms with E-state index in [2.05, 4.69) is 32.3 Å².